The summed E-state index contributed by atoms with van der Waals surface area (Å²) in [6.07, 6.45) is 4.01. The van der Waals surface area contributed by atoms with Gasteiger partial charge < -0.3 is 9.64 Å². The van der Waals surface area contributed by atoms with E-state index in [2.05, 4.69) is 4.90 Å². The summed E-state index contributed by atoms with van der Waals surface area (Å²) in [5, 5.41) is 0. The molecule has 1 fully saturated rings. The minimum Gasteiger partial charge on any atom is -0.494 e. The van der Waals surface area contributed by atoms with Crippen LogP contribution in [-0.4, -0.2) is 42.5 Å². The molecule has 1 heterocycles. The Morgan fingerprint density at radius 1 is 1.00 bits per heavy atom. The van der Waals surface area contributed by atoms with Gasteiger partial charge in [0, 0.05) is 19.1 Å². The van der Waals surface area contributed by atoms with Gasteiger partial charge in [-0.15, -0.1) is 0 Å². The molecule has 28 heavy (non-hydrogen) atoms. The van der Waals surface area contributed by atoms with Crippen molar-refractivity contribution < 1.29 is 21.6 Å². The lowest BCUT2D eigenvalue weighted by molar-refractivity contribution is 0.340. The van der Waals surface area contributed by atoms with Crippen LogP contribution in [0.25, 0.3) is 0 Å². The van der Waals surface area contributed by atoms with Gasteiger partial charge in [-0.1, -0.05) is 12.1 Å². The summed E-state index contributed by atoms with van der Waals surface area (Å²) in [5.41, 5.74) is 1.62. The third-order valence-corrected chi connectivity index (χ3v) is 7.13. The van der Waals surface area contributed by atoms with Crippen LogP contribution in [0.15, 0.2) is 52.3 Å². The van der Waals surface area contributed by atoms with Crippen LogP contribution >= 0.6 is 0 Å². The lowest BCUT2D eigenvalue weighted by Gasteiger charge is -2.29. The van der Waals surface area contributed by atoms with Crippen molar-refractivity contribution in [2.45, 2.75) is 35.6 Å². The van der Waals surface area contributed by atoms with Crippen LogP contribution in [0.5, 0.6) is 5.75 Å². The van der Waals surface area contributed by atoms with Crippen LogP contribution < -0.4 is 9.64 Å². The number of nitrogens with zero attached hydrogens (tertiary/aromatic N) is 1. The average Bonchev–Trinajstić information content (AvgIpc) is 3.10. The van der Waals surface area contributed by atoms with Gasteiger partial charge in [0.25, 0.3) is 0 Å². The Hall–Kier alpha value is -2.06. The molecule has 1 atom stereocenters. The normalized spacial score (nSPS) is 17.7. The Bertz CT molecular complexity index is 1060. The lowest BCUT2D eigenvalue weighted by atomic mass is 10.0. The van der Waals surface area contributed by atoms with Gasteiger partial charge in [-0.05, 0) is 55.7 Å². The van der Waals surface area contributed by atoms with Crippen molar-refractivity contribution >= 4 is 25.4 Å². The first kappa shape index (κ1) is 20.7. The molecule has 0 N–H and O–H groups in total. The number of sulfone groups is 2. The van der Waals surface area contributed by atoms with Crippen molar-refractivity contribution in [3.63, 3.8) is 0 Å². The quantitative estimate of drug-likeness (QED) is 0.710. The van der Waals surface area contributed by atoms with Crippen LogP contribution in [0.1, 0.15) is 31.4 Å². The molecule has 0 radical (unpaired) electrons. The summed E-state index contributed by atoms with van der Waals surface area (Å²) in [7, 11) is -7.10. The van der Waals surface area contributed by atoms with E-state index in [1.54, 1.807) is 6.07 Å². The van der Waals surface area contributed by atoms with Crippen LogP contribution in [0.4, 0.5) is 5.69 Å². The third-order valence-electron chi connectivity index (χ3n) is 4.90. The second kappa shape index (κ2) is 7.75. The molecule has 6 nitrogen and oxygen atoms in total. The fourth-order valence-corrected chi connectivity index (χ4v) is 5.24. The van der Waals surface area contributed by atoms with E-state index in [0.29, 0.717) is 18.8 Å². The molecule has 1 aliphatic rings. The van der Waals surface area contributed by atoms with Gasteiger partial charge in [-0.3, -0.25) is 0 Å². The highest BCUT2D eigenvalue weighted by molar-refractivity contribution is 7.91. The Balaban J connectivity index is 2.04. The Morgan fingerprint density at radius 3 is 2.25 bits per heavy atom. The maximum Gasteiger partial charge on any atom is 0.177 e. The van der Waals surface area contributed by atoms with Gasteiger partial charge in [-0.25, -0.2) is 16.8 Å². The van der Waals surface area contributed by atoms with Crippen molar-refractivity contribution in [2.24, 2.45) is 0 Å². The fourth-order valence-electron chi connectivity index (χ4n) is 3.61. The summed E-state index contributed by atoms with van der Waals surface area (Å²) >= 11 is 0. The topological polar surface area (TPSA) is 80.8 Å². The average molecular weight is 424 g/mol. The van der Waals surface area contributed by atoms with Gasteiger partial charge in [0.1, 0.15) is 5.75 Å². The first-order chi connectivity index (χ1) is 13.1. The number of hydrogen-bond donors (Lipinski definition) is 0. The molecule has 8 heteroatoms. The maximum absolute atomic E-state index is 12.4. The van der Waals surface area contributed by atoms with Crippen molar-refractivity contribution in [2.75, 3.05) is 30.6 Å². The van der Waals surface area contributed by atoms with Gasteiger partial charge in [0.2, 0.25) is 0 Å². The number of rotatable bonds is 6. The lowest BCUT2D eigenvalue weighted by Crippen LogP contribution is -2.24. The van der Waals surface area contributed by atoms with Crippen molar-refractivity contribution in [1.82, 2.24) is 0 Å². The molecule has 0 spiro atoms. The minimum absolute atomic E-state index is 0.00786. The van der Waals surface area contributed by atoms with E-state index < -0.39 is 19.7 Å². The molecule has 0 unspecified atom stereocenters. The van der Waals surface area contributed by atoms with Gasteiger partial charge in [-0.2, -0.15) is 0 Å². The molecule has 152 valence electrons. The van der Waals surface area contributed by atoms with Crippen molar-refractivity contribution in [1.29, 1.82) is 0 Å². The summed E-state index contributed by atoms with van der Waals surface area (Å²) < 4.78 is 54.1. The zero-order chi connectivity index (χ0) is 20.5. The standard InChI is InChI=1S/C20H25NO5S2/c1-4-26-16-9-7-15(8-10-16)18-6-5-13-21(18)19-12-11-17(27(2,22)23)14-20(19)28(3,24)25/h7-12,14,18H,4-6,13H2,1-3H3/t18-/m0/s1. The highest BCUT2D eigenvalue weighted by Crippen LogP contribution is 2.40. The zero-order valence-electron chi connectivity index (χ0n) is 16.3. The second-order valence-corrected chi connectivity index (χ2v) is 11.0. The third kappa shape index (κ3) is 4.33. The summed E-state index contributed by atoms with van der Waals surface area (Å²) in [4.78, 5) is 2.11. The first-order valence-corrected chi connectivity index (χ1v) is 12.9. The molecule has 3 rings (SSSR count). The van der Waals surface area contributed by atoms with Crippen LogP contribution in [0.2, 0.25) is 0 Å². The van der Waals surface area contributed by atoms with Crippen molar-refractivity contribution in [3.8, 4) is 5.75 Å². The summed E-state index contributed by atoms with van der Waals surface area (Å²) in [5.74, 6) is 0.796. The van der Waals surface area contributed by atoms with E-state index >= 15 is 0 Å². The van der Waals surface area contributed by atoms with E-state index in [4.69, 9.17) is 4.74 Å². The number of ether oxygens (including phenoxy) is 1. The van der Waals surface area contributed by atoms with E-state index in [1.807, 2.05) is 31.2 Å². The largest absolute Gasteiger partial charge is 0.494 e. The first-order valence-electron chi connectivity index (χ1n) is 9.15. The Morgan fingerprint density at radius 2 is 1.68 bits per heavy atom. The van der Waals surface area contributed by atoms with Crippen molar-refractivity contribution in [3.05, 3.63) is 48.0 Å². The van der Waals surface area contributed by atoms with Gasteiger partial charge in [0.05, 0.1) is 28.1 Å². The van der Waals surface area contributed by atoms with Crippen LogP contribution in [0, 0.1) is 0 Å². The second-order valence-electron chi connectivity index (χ2n) is 7.03. The zero-order valence-corrected chi connectivity index (χ0v) is 17.9. The highest BCUT2D eigenvalue weighted by atomic mass is 32.2. The maximum atomic E-state index is 12.4. The van der Waals surface area contributed by atoms with E-state index in [9.17, 15) is 16.8 Å². The smallest absolute Gasteiger partial charge is 0.177 e. The molecule has 0 aliphatic carbocycles. The Kier molecular flexibility index (Phi) is 5.72. The van der Waals surface area contributed by atoms with E-state index in [0.717, 1.165) is 36.7 Å². The van der Waals surface area contributed by atoms with E-state index in [-0.39, 0.29) is 15.8 Å². The highest BCUT2D eigenvalue weighted by Gasteiger charge is 2.30. The monoisotopic (exact) mass is 423 g/mol. The molecular weight excluding hydrogens is 398 g/mol. The van der Waals surface area contributed by atoms with Crippen LogP contribution in [-0.2, 0) is 19.7 Å². The molecule has 1 saturated heterocycles. The predicted octanol–water partition coefficient (Wildman–Crippen LogP) is 3.23. The van der Waals surface area contributed by atoms with Gasteiger partial charge in [0.15, 0.2) is 19.7 Å². The van der Waals surface area contributed by atoms with Gasteiger partial charge >= 0.3 is 0 Å². The molecule has 0 bridgehead atoms. The van der Waals surface area contributed by atoms with E-state index in [1.165, 1.54) is 12.1 Å². The molecule has 0 aromatic heterocycles. The number of benzene rings is 2. The minimum atomic E-state index is -3.60. The summed E-state index contributed by atoms with van der Waals surface area (Å²) in [6, 6.07) is 12.2. The fraction of sp³-hybridized carbons (Fsp3) is 0.400. The molecule has 0 amide bonds. The molecule has 0 saturated carbocycles. The molecule has 2 aromatic carbocycles. The summed E-state index contributed by atoms with van der Waals surface area (Å²) in [6.45, 7) is 3.23. The SMILES string of the molecule is CCOc1ccc([C@@H]2CCCN2c2ccc(S(C)(=O)=O)cc2S(C)(=O)=O)cc1. The predicted molar refractivity (Wildman–Crippen MR) is 110 cm³/mol. The number of anilines is 1. The molecular formula is C20H25NO5S2. The number of hydrogen-bond acceptors (Lipinski definition) is 6. The molecule has 2 aromatic rings. The van der Waals surface area contributed by atoms with Crippen LogP contribution in [0.3, 0.4) is 0 Å². The molecule has 1 aliphatic heterocycles. The Labute approximate surface area is 167 Å².